The summed E-state index contributed by atoms with van der Waals surface area (Å²) in [5, 5.41) is 8.41. The lowest BCUT2D eigenvalue weighted by molar-refractivity contribution is 0.848. The summed E-state index contributed by atoms with van der Waals surface area (Å²) >= 11 is 0. The van der Waals surface area contributed by atoms with Crippen LogP contribution in [0.15, 0.2) is 42.5 Å². The molecule has 0 spiro atoms. The Balaban J connectivity index is 2.19. The summed E-state index contributed by atoms with van der Waals surface area (Å²) in [6, 6.07) is 14.0. The Bertz CT molecular complexity index is 453. The molecule has 88 valence electrons. The van der Waals surface area contributed by atoms with Crippen LogP contribution in [-0.4, -0.2) is 30.3 Å². The van der Waals surface area contributed by atoms with Gasteiger partial charge >= 0.3 is 0 Å². The lowest BCUT2D eigenvalue weighted by atomic mass is 10.1. The van der Waals surface area contributed by atoms with Gasteiger partial charge in [-0.2, -0.15) is 0 Å². The first-order valence-electron chi connectivity index (χ1n) is 5.61. The molecular formula is C13H16N4. The molecule has 0 bridgehead atoms. The summed E-state index contributed by atoms with van der Waals surface area (Å²) in [5.41, 5.74) is 7.46. The molecule has 17 heavy (non-hydrogen) atoms. The number of hydrogen-bond acceptors (Lipinski definition) is 4. The third-order valence-corrected chi connectivity index (χ3v) is 2.58. The van der Waals surface area contributed by atoms with Gasteiger partial charge < -0.3 is 10.6 Å². The average molecular weight is 228 g/mol. The predicted molar refractivity (Wildman–Crippen MR) is 69.8 cm³/mol. The van der Waals surface area contributed by atoms with Gasteiger partial charge in [-0.15, -0.1) is 10.2 Å². The third kappa shape index (κ3) is 2.79. The van der Waals surface area contributed by atoms with E-state index in [0.717, 1.165) is 23.6 Å². The fourth-order valence-electron chi connectivity index (χ4n) is 1.60. The first-order valence-corrected chi connectivity index (χ1v) is 5.61. The van der Waals surface area contributed by atoms with Crippen LogP contribution < -0.4 is 10.6 Å². The molecule has 0 amide bonds. The summed E-state index contributed by atoms with van der Waals surface area (Å²) in [6.07, 6.45) is 0. The maximum Gasteiger partial charge on any atom is 0.151 e. The molecule has 0 unspecified atom stereocenters. The van der Waals surface area contributed by atoms with Gasteiger partial charge in [-0.05, 0) is 12.1 Å². The van der Waals surface area contributed by atoms with Gasteiger partial charge in [0, 0.05) is 25.7 Å². The van der Waals surface area contributed by atoms with E-state index in [1.54, 1.807) is 0 Å². The van der Waals surface area contributed by atoms with Crippen molar-refractivity contribution in [2.24, 2.45) is 5.73 Å². The van der Waals surface area contributed by atoms with Crippen LogP contribution in [0.25, 0.3) is 11.3 Å². The Morgan fingerprint density at radius 3 is 2.41 bits per heavy atom. The SMILES string of the molecule is CN(CCN)c1ccc(-c2ccccc2)nn1. The van der Waals surface area contributed by atoms with Crippen molar-refractivity contribution >= 4 is 5.82 Å². The highest BCUT2D eigenvalue weighted by Gasteiger charge is 2.03. The second kappa shape index (κ2) is 5.41. The van der Waals surface area contributed by atoms with Crippen molar-refractivity contribution in [2.75, 3.05) is 25.0 Å². The van der Waals surface area contributed by atoms with E-state index in [1.807, 2.05) is 54.4 Å². The highest BCUT2D eigenvalue weighted by Crippen LogP contribution is 2.17. The maximum absolute atomic E-state index is 5.50. The van der Waals surface area contributed by atoms with Crippen LogP contribution in [-0.2, 0) is 0 Å². The van der Waals surface area contributed by atoms with Crippen molar-refractivity contribution in [2.45, 2.75) is 0 Å². The molecule has 4 heteroatoms. The minimum atomic E-state index is 0.610. The molecule has 0 atom stereocenters. The molecule has 1 aromatic carbocycles. The van der Waals surface area contributed by atoms with E-state index in [0.29, 0.717) is 6.54 Å². The van der Waals surface area contributed by atoms with Crippen LogP contribution >= 0.6 is 0 Å². The van der Waals surface area contributed by atoms with E-state index < -0.39 is 0 Å². The van der Waals surface area contributed by atoms with E-state index in [1.165, 1.54) is 0 Å². The zero-order valence-electron chi connectivity index (χ0n) is 9.87. The van der Waals surface area contributed by atoms with Crippen molar-refractivity contribution in [3.63, 3.8) is 0 Å². The maximum atomic E-state index is 5.50. The number of benzene rings is 1. The van der Waals surface area contributed by atoms with E-state index in [4.69, 9.17) is 5.73 Å². The van der Waals surface area contributed by atoms with Crippen LogP contribution in [0.2, 0.25) is 0 Å². The molecule has 2 N–H and O–H groups in total. The van der Waals surface area contributed by atoms with Gasteiger partial charge in [0.15, 0.2) is 5.82 Å². The molecule has 0 saturated carbocycles. The number of aromatic nitrogens is 2. The smallest absolute Gasteiger partial charge is 0.151 e. The molecule has 0 saturated heterocycles. The zero-order chi connectivity index (χ0) is 12.1. The second-order valence-electron chi connectivity index (χ2n) is 3.85. The third-order valence-electron chi connectivity index (χ3n) is 2.58. The Hall–Kier alpha value is -1.94. The van der Waals surface area contributed by atoms with Gasteiger partial charge in [0.1, 0.15) is 0 Å². The largest absolute Gasteiger partial charge is 0.357 e. The minimum absolute atomic E-state index is 0.610. The Morgan fingerprint density at radius 1 is 1.06 bits per heavy atom. The van der Waals surface area contributed by atoms with Gasteiger partial charge in [-0.1, -0.05) is 30.3 Å². The first-order chi connectivity index (χ1) is 8.31. The molecule has 0 aliphatic heterocycles. The summed E-state index contributed by atoms with van der Waals surface area (Å²) < 4.78 is 0. The molecular weight excluding hydrogens is 212 g/mol. The van der Waals surface area contributed by atoms with Crippen LogP contribution in [0.1, 0.15) is 0 Å². The molecule has 0 aliphatic rings. The number of hydrogen-bond donors (Lipinski definition) is 1. The van der Waals surface area contributed by atoms with Gasteiger partial charge in [0.05, 0.1) is 5.69 Å². The molecule has 0 fully saturated rings. The molecule has 1 heterocycles. The Morgan fingerprint density at radius 2 is 1.82 bits per heavy atom. The fourth-order valence-corrected chi connectivity index (χ4v) is 1.60. The Labute approximate surface area is 101 Å². The van der Waals surface area contributed by atoms with Crippen molar-refractivity contribution in [3.8, 4) is 11.3 Å². The first kappa shape index (κ1) is 11.5. The highest BCUT2D eigenvalue weighted by atomic mass is 15.2. The molecule has 0 radical (unpaired) electrons. The number of anilines is 1. The van der Waals surface area contributed by atoms with Gasteiger partial charge in [-0.3, -0.25) is 0 Å². The summed E-state index contributed by atoms with van der Waals surface area (Å²) in [5.74, 6) is 0.843. The zero-order valence-corrected chi connectivity index (χ0v) is 9.87. The number of likely N-dealkylation sites (N-methyl/N-ethyl adjacent to an activating group) is 1. The van der Waals surface area contributed by atoms with Crippen molar-refractivity contribution in [1.82, 2.24) is 10.2 Å². The van der Waals surface area contributed by atoms with Crippen LogP contribution in [0, 0.1) is 0 Å². The van der Waals surface area contributed by atoms with Crippen LogP contribution in [0.5, 0.6) is 0 Å². The van der Waals surface area contributed by atoms with Crippen molar-refractivity contribution in [3.05, 3.63) is 42.5 Å². The summed E-state index contributed by atoms with van der Waals surface area (Å²) in [4.78, 5) is 1.99. The van der Waals surface area contributed by atoms with Crippen LogP contribution in [0.3, 0.4) is 0 Å². The fraction of sp³-hybridized carbons (Fsp3) is 0.231. The van der Waals surface area contributed by atoms with Crippen molar-refractivity contribution < 1.29 is 0 Å². The molecule has 0 aliphatic carbocycles. The van der Waals surface area contributed by atoms with Crippen molar-refractivity contribution in [1.29, 1.82) is 0 Å². The lowest BCUT2D eigenvalue weighted by Crippen LogP contribution is -2.25. The standard InChI is InChI=1S/C13H16N4/c1-17(10-9-14)13-8-7-12(15-16-13)11-5-3-2-4-6-11/h2-8H,9-10,14H2,1H3. The molecule has 4 nitrogen and oxygen atoms in total. The van der Waals surface area contributed by atoms with Gasteiger partial charge in [0.2, 0.25) is 0 Å². The number of nitrogens with two attached hydrogens (primary N) is 1. The average Bonchev–Trinajstić information content (AvgIpc) is 2.40. The van der Waals surface area contributed by atoms with Gasteiger partial charge in [0.25, 0.3) is 0 Å². The number of nitrogens with zero attached hydrogens (tertiary/aromatic N) is 3. The van der Waals surface area contributed by atoms with Gasteiger partial charge in [-0.25, -0.2) is 0 Å². The quantitative estimate of drug-likeness (QED) is 0.862. The van der Waals surface area contributed by atoms with E-state index >= 15 is 0 Å². The monoisotopic (exact) mass is 228 g/mol. The lowest BCUT2D eigenvalue weighted by Gasteiger charge is -2.16. The van der Waals surface area contributed by atoms with Crippen LogP contribution in [0.4, 0.5) is 5.82 Å². The topological polar surface area (TPSA) is 55.0 Å². The Kier molecular flexibility index (Phi) is 3.67. The number of rotatable bonds is 4. The van der Waals surface area contributed by atoms with E-state index in [9.17, 15) is 0 Å². The summed E-state index contributed by atoms with van der Waals surface area (Å²) in [6.45, 7) is 1.39. The minimum Gasteiger partial charge on any atom is -0.357 e. The normalized spacial score (nSPS) is 10.2. The highest BCUT2D eigenvalue weighted by molar-refractivity contribution is 5.59. The summed E-state index contributed by atoms with van der Waals surface area (Å²) in [7, 11) is 1.96. The van der Waals surface area contributed by atoms with E-state index in [-0.39, 0.29) is 0 Å². The molecule has 2 rings (SSSR count). The van der Waals surface area contributed by atoms with E-state index in [2.05, 4.69) is 10.2 Å². The molecule has 1 aromatic heterocycles. The predicted octanol–water partition coefficient (Wildman–Crippen LogP) is 1.54. The molecule has 2 aromatic rings. The second-order valence-corrected chi connectivity index (χ2v) is 3.85.